The molecule has 1 aliphatic rings. The summed E-state index contributed by atoms with van der Waals surface area (Å²) >= 11 is 7.38. The SMILES string of the molecule is O=C(Cc1coc(-c2ccc(Cl)cc2)n1)NC1=NCCS1. The van der Waals surface area contributed by atoms with Gasteiger partial charge in [-0.3, -0.25) is 9.79 Å². The van der Waals surface area contributed by atoms with Crippen LogP contribution >= 0.6 is 23.4 Å². The van der Waals surface area contributed by atoms with Gasteiger partial charge < -0.3 is 9.73 Å². The van der Waals surface area contributed by atoms with Crippen LogP contribution in [0, 0.1) is 0 Å². The molecule has 0 atom stereocenters. The van der Waals surface area contributed by atoms with Gasteiger partial charge in [0.1, 0.15) is 6.26 Å². The fourth-order valence-corrected chi connectivity index (χ4v) is 2.72. The molecule has 7 heteroatoms. The quantitative estimate of drug-likeness (QED) is 0.944. The molecule has 2 aromatic rings. The second-order valence-corrected chi connectivity index (χ2v) is 5.93. The van der Waals surface area contributed by atoms with Gasteiger partial charge in [-0.05, 0) is 24.3 Å². The maximum absolute atomic E-state index is 11.9. The summed E-state index contributed by atoms with van der Waals surface area (Å²) in [5.74, 6) is 1.25. The van der Waals surface area contributed by atoms with Crippen LogP contribution in [-0.4, -0.2) is 28.4 Å². The van der Waals surface area contributed by atoms with Gasteiger partial charge in [0, 0.05) is 16.3 Å². The van der Waals surface area contributed by atoms with Gasteiger partial charge >= 0.3 is 0 Å². The smallest absolute Gasteiger partial charge is 0.232 e. The van der Waals surface area contributed by atoms with Crippen molar-refractivity contribution in [2.45, 2.75) is 6.42 Å². The first-order valence-electron chi connectivity index (χ1n) is 6.38. The normalized spacial score (nSPS) is 14.0. The molecule has 5 nitrogen and oxygen atoms in total. The van der Waals surface area contributed by atoms with E-state index >= 15 is 0 Å². The molecule has 2 heterocycles. The lowest BCUT2D eigenvalue weighted by molar-refractivity contribution is -0.119. The molecule has 0 fully saturated rings. The predicted molar refractivity (Wildman–Crippen MR) is 83.6 cm³/mol. The molecule has 1 aromatic heterocycles. The van der Waals surface area contributed by atoms with Crippen LogP contribution in [0.4, 0.5) is 0 Å². The van der Waals surface area contributed by atoms with Gasteiger partial charge in [0.25, 0.3) is 0 Å². The molecule has 0 radical (unpaired) electrons. The lowest BCUT2D eigenvalue weighted by atomic mass is 10.2. The van der Waals surface area contributed by atoms with Crippen molar-refractivity contribution in [1.29, 1.82) is 0 Å². The van der Waals surface area contributed by atoms with Crippen LogP contribution in [0.5, 0.6) is 0 Å². The van der Waals surface area contributed by atoms with E-state index < -0.39 is 0 Å². The fourth-order valence-electron chi connectivity index (χ4n) is 1.85. The number of oxazole rings is 1. The van der Waals surface area contributed by atoms with E-state index in [1.165, 1.54) is 6.26 Å². The maximum Gasteiger partial charge on any atom is 0.232 e. The number of benzene rings is 1. The van der Waals surface area contributed by atoms with E-state index in [9.17, 15) is 4.79 Å². The summed E-state index contributed by atoms with van der Waals surface area (Å²) in [6.45, 7) is 0.755. The fraction of sp³-hybridized carbons (Fsp3) is 0.214. The number of carbonyl (C=O) groups excluding carboxylic acids is 1. The number of hydrogen-bond donors (Lipinski definition) is 1. The molecule has 108 valence electrons. The molecule has 1 aromatic carbocycles. The van der Waals surface area contributed by atoms with Gasteiger partial charge in [0.05, 0.1) is 18.7 Å². The Labute approximate surface area is 130 Å². The number of thioether (sulfide) groups is 1. The molecule has 21 heavy (non-hydrogen) atoms. The zero-order valence-corrected chi connectivity index (χ0v) is 12.6. The Balaban J connectivity index is 1.64. The van der Waals surface area contributed by atoms with Crippen molar-refractivity contribution in [2.24, 2.45) is 4.99 Å². The molecular weight excluding hydrogens is 310 g/mol. The van der Waals surface area contributed by atoms with Crippen molar-refractivity contribution in [1.82, 2.24) is 10.3 Å². The Morgan fingerprint density at radius 2 is 2.19 bits per heavy atom. The average Bonchev–Trinajstić information content (AvgIpc) is 3.11. The number of rotatable bonds is 3. The molecule has 0 saturated carbocycles. The number of halogens is 1. The number of amidine groups is 1. The molecule has 1 N–H and O–H groups in total. The van der Waals surface area contributed by atoms with Crippen molar-refractivity contribution in [3.05, 3.63) is 41.2 Å². The van der Waals surface area contributed by atoms with E-state index in [1.54, 1.807) is 23.9 Å². The summed E-state index contributed by atoms with van der Waals surface area (Å²) in [6.07, 6.45) is 1.66. The lowest BCUT2D eigenvalue weighted by Crippen LogP contribution is -2.28. The van der Waals surface area contributed by atoms with Crippen molar-refractivity contribution in [3.63, 3.8) is 0 Å². The van der Waals surface area contributed by atoms with Crippen LogP contribution in [-0.2, 0) is 11.2 Å². The summed E-state index contributed by atoms with van der Waals surface area (Å²) in [5.41, 5.74) is 1.41. The topological polar surface area (TPSA) is 67.5 Å². The largest absolute Gasteiger partial charge is 0.444 e. The Bertz CT molecular complexity index is 682. The highest BCUT2D eigenvalue weighted by atomic mass is 35.5. The maximum atomic E-state index is 11.9. The molecule has 1 aliphatic heterocycles. The summed E-state index contributed by atoms with van der Waals surface area (Å²) < 4.78 is 5.39. The third kappa shape index (κ3) is 3.65. The number of hydrogen-bond acceptors (Lipinski definition) is 5. The van der Waals surface area contributed by atoms with Crippen LogP contribution < -0.4 is 5.32 Å². The molecule has 0 bridgehead atoms. The van der Waals surface area contributed by atoms with E-state index in [1.807, 2.05) is 12.1 Å². The van der Waals surface area contributed by atoms with Gasteiger partial charge in [-0.1, -0.05) is 23.4 Å². The summed E-state index contributed by atoms with van der Waals surface area (Å²) in [4.78, 5) is 20.3. The van der Waals surface area contributed by atoms with Crippen molar-refractivity contribution in [2.75, 3.05) is 12.3 Å². The molecule has 0 spiro atoms. The van der Waals surface area contributed by atoms with Crippen LogP contribution in [0.1, 0.15) is 5.69 Å². The third-order valence-corrected chi connectivity index (χ3v) is 3.96. The minimum Gasteiger partial charge on any atom is -0.444 e. The van der Waals surface area contributed by atoms with Crippen LogP contribution in [0.25, 0.3) is 11.5 Å². The second-order valence-electron chi connectivity index (χ2n) is 4.41. The Kier molecular flexibility index (Phi) is 4.26. The van der Waals surface area contributed by atoms with Gasteiger partial charge in [-0.15, -0.1) is 0 Å². The number of aliphatic imine (C=N–C) groups is 1. The number of nitrogens with zero attached hydrogens (tertiary/aromatic N) is 2. The first-order chi connectivity index (χ1) is 10.2. The highest BCUT2D eigenvalue weighted by molar-refractivity contribution is 8.14. The van der Waals surface area contributed by atoms with Crippen molar-refractivity contribution >= 4 is 34.4 Å². The first kappa shape index (κ1) is 14.2. The molecule has 0 saturated heterocycles. The van der Waals surface area contributed by atoms with E-state index in [-0.39, 0.29) is 12.3 Å². The van der Waals surface area contributed by atoms with E-state index in [4.69, 9.17) is 16.0 Å². The average molecular weight is 322 g/mol. The standard InChI is InChI=1S/C14H12ClN3O2S/c15-10-3-1-9(2-4-10)13-17-11(8-20-13)7-12(19)18-14-16-5-6-21-14/h1-4,8H,5-7H2,(H,16,18,19). The summed E-state index contributed by atoms with van der Waals surface area (Å²) in [6, 6.07) is 7.18. The minimum atomic E-state index is -0.140. The van der Waals surface area contributed by atoms with Gasteiger partial charge in [0.2, 0.25) is 11.8 Å². The zero-order chi connectivity index (χ0) is 14.7. The van der Waals surface area contributed by atoms with Crippen LogP contribution in [0.15, 0.2) is 39.9 Å². The predicted octanol–water partition coefficient (Wildman–Crippen LogP) is 2.76. The molecule has 3 rings (SSSR count). The van der Waals surface area contributed by atoms with Crippen LogP contribution in [0.3, 0.4) is 0 Å². The number of aromatic nitrogens is 1. The zero-order valence-electron chi connectivity index (χ0n) is 11.0. The molecule has 0 aliphatic carbocycles. The van der Waals surface area contributed by atoms with E-state index in [0.717, 1.165) is 17.9 Å². The van der Waals surface area contributed by atoms with Gasteiger partial charge in [0.15, 0.2) is 5.17 Å². The Hall–Kier alpha value is -1.79. The molecular formula is C14H12ClN3O2S. The van der Waals surface area contributed by atoms with Crippen molar-refractivity contribution in [3.8, 4) is 11.5 Å². The van der Waals surface area contributed by atoms with Crippen molar-refractivity contribution < 1.29 is 9.21 Å². The minimum absolute atomic E-state index is 0.140. The molecule has 1 amide bonds. The van der Waals surface area contributed by atoms with E-state index in [0.29, 0.717) is 21.8 Å². The van der Waals surface area contributed by atoms with Gasteiger partial charge in [-0.25, -0.2) is 4.98 Å². The number of amides is 1. The Morgan fingerprint density at radius 1 is 1.38 bits per heavy atom. The van der Waals surface area contributed by atoms with Crippen LogP contribution in [0.2, 0.25) is 5.02 Å². The monoisotopic (exact) mass is 321 g/mol. The van der Waals surface area contributed by atoms with Gasteiger partial charge in [-0.2, -0.15) is 0 Å². The summed E-state index contributed by atoms with van der Waals surface area (Å²) in [7, 11) is 0. The van der Waals surface area contributed by atoms with E-state index in [2.05, 4.69) is 15.3 Å². The Morgan fingerprint density at radius 3 is 2.90 bits per heavy atom. The number of nitrogens with one attached hydrogen (secondary N) is 1. The first-order valence-corrected chi connectivity index (χ1v) is 7.74. The summed E-state index contributed by atoms with van der Waals surface area (Å²) in [5, 5.41) is 4.09. The number of carbonyl (C=O) groups is 1. The third-order valence-electron chi connectivity index (χ3n) is 2.82. The highest BCUT2D eigenvalue weighted by Crippen LogP contribution is 2.21. The highest BCUT2D eigenvalue weighted by Gasteiger charge is 2.14. The lowest BCUT2D eigenvalue weighted by Gasteiger charge is -2.01. The second kappa shape index (κ2) is 6.32. The molecule has 0 unspecified atom stereocenters.